The molecule has 0 saturated carbocycles. The van der Waals surface area contributed by atoms with Crippen LogP contribution in [0.15, 0.2) is 12.1 Å². The third kappa shape index (κ3) is 5.50. The van der Waals surface area contributed by atoms with Gasteiger partial charge < -0.3 is 29.0 Å². The zero-order valence-electron chi connectivity index (χ0n) is 16.0. The molecule has 0 fully saturated rings. The van der Waals surface area contributed by atoms with Crippen LogP contribution in [-0.4, -0.2) is 68.5 Å². The van der Waals surface area contributed by atoms with Gasteiger partial charge in [-0.1, -0.05) is 6.92 Å². The van der Waals surface area contributed by atoms with E-state index in [1.165, 1.54) is 12.0 Å². The van der Waals surface area contributed by atoms with Crippen LogP contribution in [0.4, 0.5) is 0 Å². The van der Waals surface area contributed by atoms with Gasteiger partial charge in [0.1, 0.15) is 13.2 Å². The van der Waals surface area contributed by atoms with E-state index in [2.05, 4.69) is 0 Å². The van der Waals surface area contributed by atoms with Crippen molar-refractivity contribution in [2.45, 2.75) is 20.3 Å². The van der Waals surface area contributed by atoms with Gasteiger partial charge >= 0.3 is 5.97 Å². The van der Waals surface area contributed by atoms with Crippen LogP contribution >= 0.6 is 0 Å². The lowest BCUT2D eigenvalue weighted by atomic mass is 10.1. The zero-order valence-corrected chi connectivity index (χ0v) is 16.0. The highest BCUT2D eigenvalue weighted by Crippen LogP contribution is 2.40. The molecule has 0 aliphatic carbocycles. The number of ether oxygens (including phenoxy) is 4. The van der Waals surface area contributed by atoms with Crippen molar-refractivity contribution in [2.75, 3.05) is 46.6 Å². The van der Waals surface area contributed by atoms with E-state index < -0.39 is 11.9 Å². The van der Waals surface area contributed by atoms with Crippen LogP contribution in [0.3, 0.4) is 0 Å². The quantitative estimate of drug-likeness (QED) is 0.620. The number of hydrogen-bond acceptors (Lipinski definition) is 6. The Morgan fingerprint density at radius 2 is 2.04 bits per heavy atom. The van der Waals surface area contributed by atoms with Gasteiger partial charge in [-0.25, -0.2) is 0 Å². The van der Waals surface area contributed by atoms with Crippen LogP contribution in [0, 0.1) is 5.92 Å². The molecular formula is C19H27NO7. The molecule has 1 heterocycles. The van der Waals surface area contributed by atoms with Gasteiger partial charge in [0.25, 0.3) is 5.91 Å². The predicted molar refractivity (Wildman–Crippen MR) is 97.8 cm³/mol. The highest BCUT2D eigenvalue weighted by molar-refractivity contribution is 5.96. The lowest BCUT2D eigenvalue weighted by Crippen LogP contribution is -2.38. The second kappa shape index (κ2) is 10.0. The first-order valence-corrected chi connectivity index (χ1v) is 9.05. The highest BCUT2D eigenvalue weighted by atomic mass is 16.6. The smallest absolute Gasteiger partial charge is 0.308 e. The van der Waals surface area contributed by atoms with Crippen LogP contribution in [0.1, 0.15) is 30.6 Å². The van der Waals surface area contributed by atoms with E-state index in [4.69, 9.17) is 18.9 Å². The van der Waals surface area contributed by atoms with Gasteiger partial charge in [0, 0.05) is 31.9 Å². The predicted octanol–water partition coefficient (Wildman–Crippen LogP) is 2.06. The SMILES string of the molecule is CCOCCCN(CC(C)C(=O)O)C(=O)c1cc(OC)c2c(c1)OCCO2. The van der Waals surface area contributed by atoms with Crippen LogP contribution in [0.25, 0.3) is 0 Å². The van der Waals surface area contributed by atoms with Gasteiger partial charge in [-0.05, 0) is 25.5 Å². The highest BCUT2D eigenvalue weighted by Gasteiger charge is 2.25. The number of nitrogens with zero attached hydrogens (tertiary/aromatic N) is 1. The summed E-state index contributed by atoms with van der Waals surface area (Å²) in [5, 5.41) is 9.21. The molecule has 8 nitrogen and oxygen atoms in total. The maximum atomic E-state index is 13.1. The third-order valence-corrected chi connectivity index (χ3v) is 4.20. The third-order valence-electron chi connectivity index (χ3n) is 4.20. The monoisotopic (exact) mass is 381 g/mol. The summed E-state index contributed by atoms with van der Waals surface area (Å²) in [6.07, 6.45) is 0.619. The average molecular weight is 381 g/mol. The summed E-state index contributed by atoms with van der Waals surface area (Å²) in [7, 11) is 1.49. The molecule has 0 aromatic heterocycles. The number of carboxylic acid groups (broad SMARTS) is 1. The van der Waals surface area contributed by atoms with E-state index in [9.17, 15) is 14.7 Å². The standard InChI is InChI=1S/C19H27NO7/c1-4-25-7-5-6-20(12-13(2)19(22)23)18(21)14-10-15(24-3)17-16(11-14)26-8-9-27-17/h10-11,13H,4-9,12H2,1-3H3,(H,22,23). The van der Waals surface area contributed by atoms with Crippen LogP contribution in [-0.2, 0) is 9.53 Å². The first-order valence-electron chi connectivity index (χ1n) is 9.05. The molecule has 0 bridgehead atoms. The summed E-state index contributed by atoms with van der Waals surface area (Å²) < 4.78 is 21.8. The minimum Gasteiger partial charge on any atom is -0.493 e. The number of methoxy groups -OCH3 is 1. The topological polar surface area (TPSA) is 94.5 Å². The van der Waals surface area contributed by atoms with E-state index in [0.29, 0.717) is 62.2 Å². The van der Waals surface area contributed by atoms with Gasteiger partial charge in [-0.3, -0.25) is 9.59 Å². The van der Waals surface area contributed by atoms with Crippen molar-refractivity contribution in [3.63, 3.8) is 0 Å². The molecule has 1 aliphatic heterocycles. The van der Waals surface area contributed by atoms with Gasteiger partial charge in [0.2, 0.25) is 5.75 Å². The maximum absolute atomic E-state index is 13.1. The maximum Gasteiger partial charge on any atom is 0.308 e. The normalized spacial score (nSPS) is 13.7. The molecule has 1 aromatic carbocycles. The molecule has 1 atom stereocenters. The van der Waals surface area contributed by atoms with E-state index in [0.717, 1.165) is 0 Å². The second-order valence-corrected chi connectivity index (χ2v) is 6.24. The van der Waals surface area contributed by atoms with Crippen molar-refractivity contribution >= 4 is 11.9 Å². The Balaban J connectivity index is 2.23. The van der Waals surface area contributed by atoms with Crippen molar-refractivity contribution < 1.29 is 33.6 Å². The van der Waals surface area contributed by atoms with Crippen molar-refractivity contribution in [3.8, 4) is 17.2 Å². The van der Waals surface area contributed by atoms with Crippen molar-refractivity contribution in [1.29, 1.82) is 0 Å². The molecule has 1 amide bonds. The number of hydrogen-bond donors (Lipinski definition) is 1. The molecule has 8 heteroatoms. The van der Waals surface area contributed by atoms with Gasteiger partial charge in [-0.15, -0.1) is 0 Å². The van der Waals surface area contributed by atoms with E-state index in [1.54, 1.807) is 19.1 Å². The Hall–Kier alpha value is -2.48. The van der Waals surface area contributed by atoms with E-state index in [-0.39, 0.29) is 12.5 Å². The Bertz CT molecular complexity index is 644. The van der Waals surface area contributed by atoms with Crippen molar-refractivity contribution in [3.05, 3.63) is 17.7 Å². The number of amides is 1. The Morgan fingerprint density at radius 3 is 2.70 bits per heavy atom. The minimum atomic E-state index is -0.947. The van der Waals surface area contributed by atoms with Gasteiger partial charge in [0.05, 0.1) is 13.0 Å². The summed E-state index contributed by atoms with van der Waals surface area (Å²) in [6, 6.07) is 3.21. The molecule has 0 spiro atoms. The summed E-state index contributed by atoms with van der Waals surface area (Å²) in [4.78, 5) is 25.8. The lowest BCUT2D eigenvalue weighted by Gasteiger charge is -2.26. The van der Waals surface area contributed by atoms with Crippen LogP contribution < -0.4 is 14.2 Å². The van der Waals surface area contributed by atoms with Gasteiger partial charge in [-0.2, -0.15) is 0 Å². The molecule has 27 heavy (non-hydrogen) atoms. The largest absolute Gasteiger partial charge is 0.493 e. The number of carbonyl (C=O) groups is 2. The molecule has 1 N–H and O–H groups in total. The zero-order chi connectivity index (χ0) is 19.8. The number of fused-ring (bicyclic) bond motifs is 1. The van der Waals surface area contributed by atoms with Crippen molar-refractivity contribution in [2.24, 2.45) is 5.92 Å². The summed E-state index contributed by atoms with van der Waals surface area (Å²) in [5.41, 5.74) is 0.366. The summed E-state index contributed by atoms with van der Waals surface area (Å²) in [6.45, 7) is 5.89. The first kappa shape index (κ1) is 20.8. The summed E-state index contributed by atoms with van der Waals surface area (Å²) >= 11 is 0. The molecule has 2 rings (SSSR count). The molecule has 0 saturated heterocycles. The van der Waals surface area contributed by atoms with Crippen molar-refractivity contribution in [1.82, 2.24) is 4.90 Å². The lowest BCUT2D eigenvalue weighted by molar-refractivity contribution is -0.141. The Kier molecular flexibility index (Phi) is 7.72. The fourth-order valence-electron chi connectivity index (χ4n) is 2.77. The minimum absolute atomic E-state index is 0.108. The first-order chi connectivity index (χ1) is 13.0. The van der Waals surface area contributed by atoms with E-state index in [1.807, 2.05) is 6.92 Å². The molecule has 1 aromatic rings. The molecule has 150 valence electrons. The van der Waals surface area contributed by atoms with Crippen LogP contribution in [0.5, 0.6) is 17.2 Å². The van der Waals surface area contributed by atoms with E-state index >= 15 is 0 Å². The number of carboxylic acids is 1. The molecule has 1 unspecified atom stereocenters. The average Bonchev–Trinajstić information content (AvgIpc) is 2.68. The van der Waals surface area contributed by atoms with Gasteiger partial charge in [0.15, 0.2) is 11.5 Å². The molecular weight excluding hydrogens is 354 g/mol. The Labute approximate surface area is 159 Å². The summed E-state index contributed by atoms with van der Waals surface area (Å²) in [5.74, 6) is -0.574. The molecule has 0 radical (unpaired) electrons. The Morgan fingerprint density at radius 1 is 1.30 bits per heavy atom. The number of aliphatic carboxylic acids is 1. The fourth-order valence-corrected chi connectivity index (χ4v) is 2.77. The molecule has 1 aliphatic rings. The number of carbonyl (C=O) groups excluding carboxylic acids is 1. The number of rotatable bonds is 10. The second-order valence-electron chi connectivity index (χ2n) is 6.24. The number of benzene rings is 1. The fraction of sp³-hybridized carbons (Fsp3) is 0.579. The van der Waals surface area contributed by atoms with Crippen LogP contribution in [0.2, 0.25) is 0 Å².